The second-order valence-electron chi connectivity index (χ2n) is 6.16. The maximum atomic E-state index is 12.5. The number of aromatic nitrogens is 1. The van der Waals surface area contributed by atoms with Crippen LogP contribution in [0.1, 0.15) is 34.5 Å². The van der Waals surface area contributed by atoms with Gasteiger partial charge in [-0.3, -0.25) is 4.79 Å². The largest absolute Gasteiger partial charge is 0.497 e. The summed E-state index contributed by atoms with van der Waals surface area (Å²) in [5.74, 6) is -0.334. The third-order valence-electron chi connectivity index (χ3n) is 4.50. The lowest BCUT2D eigenvalue weighted by Gasteiger charge is -2.16. The predicted octanol–water partition coefficient (Wildman–Crippen LogP) is 1.37. The molecule has 26 heavy (non-hydrogen) atoms. The van der Waals surface area contributed by atoms with Gasteiger partial charge in [-0.05, 0) is 56.0 Å². The van der Waals surface area contributed by atoms with Crippen molar-refractivity contribution in [3.63, 3.8) is 0 Å². The molecule has 0 radical (unpaired) electrons. The van der Waals surface area contributed by atoms with Crippen molar-refractivity contribution in [3.8, 4) is 17.1 Å². The van der Waals surface area contributed by atoms with E-state index >= 15 is 0 Å². The van der Waals surface area contributed by atoms with Gasteiger partial charge in [0.25, 0.3) is 5.91 Å². The highest BCUT2D eigenvalue weighted by atomic mass is 16.5. The Bertz CT molecular complexity index is 830. The number of hydrogen-bond acceptors (Lipinski definition) is 6. The summed E-state index contributed by atoms with van der Waals surface area (Å²) in [7, 11) is 1.61. The van der Waals surface area contributed by atoms with E-state index in [1.54, 1.807) is 7.11 Å². The number of carboxylic acids is 1. The van der Waals surface area contributed by atoms with Gasteiger partial charge in [0.05, 0.1) is 7.11 Å². The fourth-order valence-corrected chi connectivity index (χ4v) is 3.12. The molecule has 4 N–H and O–H groups in total. The number of benzene rings is 1. The van der Waals surface area contributed by atoms with Crippen molar-refractivity contribution in [1.82, 2.24) is 10.5 Å². The van der Waals surface area contributed by atoms with Crippen LogP contribution in [-0.4, -0.2) is 41.8 Å². The average molecular weight is 359 g/mol. The molecule has 0 fully saturated rings. The normalized spacial score (nSPS) is 13.5. The van der Waals surface area contributed by atoms with Gasteiger partial charge >= 0.3 is 5.97 Å². The van der Waals surface area contributed by atoms with Crippen LogP contribution < -0.4 is 15.8 Å². The van der Waals surface area contributed by atoms with Gasteiger partial charge < -0.3 is 25.4 Å². The summed E-state index contributed by atoms with van der Waals surface area (Å²) in [6.45, 7) is 0.360. The lowest BCUT2D eigenvalue weighted by atomic mass is 9.89. The number of nitrogens with zero attached hydrogens (tertiary/aromatic N) is 1. The molecule has 1 aromatic carbocycles. The molecule has 1 aromatic heterocycles. The molecule has 1 amide bonds. The van der Waals surface area contributed by atoms with Crippen LogP contribution in [0.2, 0.25) is 0 Å². The minimum atomic E-state index is -1.10. The third kappa shape index (κ3) is 3.41. The molecule has 0 bridgehead atoms. The molecule has 8 heteroatoms. The van der Waals surface area contributed by atoms with Crippen LogP contribution in [0.15, 0.2) is 22.7 Å². The number of aliphatic carboxylic acids is 1. The number of methoxy groups -OCH3 is 1. The highest BCUT2D eigenvalue weighted by Gasteiger charge is 2.29. The second-order valence-corrected chi connectivity index (χ2v) is 6.16. The molecule has 1 aliphatic carbocycles. The van der Waals surface area contributed by atoms with Crippen LogP contribution in [0.4, 0.5) is 0 Å². The molecule has 2 aromatic rings. The zero-order chi connectivity index (χ0) is 18.7. The van der Waals surface area contributed by atoms with Crippen LogP contribution in [0.5, 0.6) is 5.75 Å². The van der Waals surface area contributed by atoms with E-state index in [-0.39, 0.29) is 12.1 Å². The summed E-state index contributed by atoms with van der Waals surface area (Å²) in [6, 6.07) is 4.64. The maximum Gasteiger partial charge on any atom is 0.326 e. The maximum absolute atomic E-state index is 12.5. The molecule has 1 heterocycles. The Morgan fingerprint density at radius 3 is 2.92 bits per heavy atom. The summed E-state index contributed by atoms with van der Waals surface area (Å²) in [5, 5.41) is 15.7. The summed E-state index contributed by atoms with van der Waals surface area (Å²) >= 11 is 0. The van der Waals surface area contributed by atoms with E-state index in [0.717, 1.165) is 23.3 Å². The fourth-order valence-electron chi connectivity index (χ4n) is 3.12. The summed E-state index contributed by atoms with van der Waals surface area (Å²) in [5.41, 5.74) is 8.19. The third-order valence-corrected chi connectivity index (χ3v) is 4.50. The van der Waals surface area contributed by atoms with E-state index in [9.17, 15) is 14.7 Å². The Balaban J connectivity index is 1.84. The molecular formula is C18H21N3O5. The fraction of sp³-hybridized carbons (Fsp3) is 0.389. The first-order chi connectivity index (χ1) is 12.5. The number of carbonyl (C=O) groups excluding carboxylic acids is 1. The predicted molar refractivity (Wildman–Crippen MR) is 93.1 cm³/mol. The van der Waals surface area contributed by atoms with Gasteiger partial charge in [-0.1, -0.05) is 5.16 Å². The molecule has 0 aliphatic heterocycles. The molecule has 0 spiro atoms. The van der Waals surface area contributed by atoms with Crippen molar-refractivity contribution in [3.05, 3.63) is 35.0 Å². The van der Waals surface area contributed by atoms with Crippen LogP contribution in [0.3, 0.4) is 0 Å². The number of carbonyl (C=O) groups is 2. The number of ether oxygens (including phenoxy) is 1. The van der Waals surface area contributed by atoms with Gasteiger partial charge in [0.2, 0.25) is 0 Å². The van der Waals surface area contributed by atoms with Gasteiger partial charge in [0.15, 0.2) is 11.5 Å². The standard InChI is InChI=1S/C18H21N3O5/c1-25-11-5-7-12-10(9-11)4-6-13-15(21-26-16(12)13)17(22)20-14(18(23)24)3-2-8-19/h5,7,9,14H,2-4,6,8,19H2,1H3,(H,20,22)(H,23,24)/t14-/m0/s1. The molecular weight excluding hydrogens is 338 g/mol. The molecule has 138 valence electrons. The van der Waals surface area contributed by atoms with Gasteiger partial charge in [0, 0.05) is 11.1 Å². The molecule has 0 saturated heterocycles. The molecule has 1 aliphatic rings. The Hall–Kier alpha value is -2.87. The zero-order valence-electron chi connectivity index (χ0n) is 14.4. The highest BCUT2D eigenvalue weighted by molar-refractivity contribution is 5.97. The second kappa shape index (κ2) is 7.57. The molecule has 8 nitrogen and oxygen atoms in total. The molecule has 3 rings (SSSR count). The van der Waals surface area contributed by atoms with Crippen LogP contribution >= 0.6 is 0 Å². The number of fused-ring (bicyclic) bond motifs is 3. The summed E-state index contributed by atoms with van der Waals surface area (Å²) in [4.78, 5) is 23.8. The van der Waals surface area contributed by atoms with Gasteiger partial charge in [0.1, 0.15) is 11.8 Å². The first-order valence-corrected chi connectivity index (χ1v) is 8.44. The lowest BCUT2D eigenvalue weighted by Crippen LogP contribution is -2.41. The average Bonchev–Trinajstić information content (AvgIpc) is 3.08. The first-order valence-electron chi connectivity index (χ1n) is 8.44. The summed E-state index contributed by atoms with van der Waals surface area (Å²) < 4.78 is 10.6. The monoisotopic (exact) mass is 359 g/mol. The van der Waals surface area contributed by atoms with E-state index in [0.29, 0.717) is 30.7 Å². The van der Waals surface area contributed by atoms with E-state index < -0.39 is 17.9 Å². The number of hydrogen-bond donors (Lipinski definition) is 3. The number of aryl methyl sites for hydroxylation is 1. The lowest BCUT2D eigenvalue weighted by molar-refractivity contribution is -0.139. The molecule has 1 atom stereocenters. The molecule has 0 unspecified atom stereocenters. The van der Waals surface area contributed by atoms with Gasteiger partial charge in [-0.2, -0.15) is 0 Å². The molecule has 0 saturated carbocycles. The van der Waals surface area contributed by atoms with E-state index in [1.807, 2.05) is 18.2 Å². The first kappa shape index (κ1) is 17.9. The van der Waals surface area contributed by atoms with Crippen molar-refractivity contribution < 1.29 is 24.0 Å². The van der Waals surface area contributed by atoms with Crippen molar-refractivity contribution in [1.29, 1.82) is 0 Å². The van der Waals surface area contributed by atoms with Crippen LogP contribution in [0, 0.1) is 0 Å². The number of carboxylic acid groups (broad SMARTS) is 1. The quantitative estimate of drug-likeness (QED) is 0.681. The van der Waals surface area contributed by atoms with Gasteiger partial charge in [-0.25, -0.2) is 4.79 Å². The zero-order valence-corrected chi connectivity index (χ0v) is 14.4. The van der Waals surface area contributed by atoms with E-state index in [2.05, 4.69) is 10.5 Å². The van der Waals surface area contributed by atoms with Crippen LogP contribution in [-0.2, 0) is 17.6 Å². The number of nitrogens with one attached hydrogen (secondary N) is 1. The number of nitrogens with two attached hydrogens (primary N) is 1. The van der Waals surface area contributed by atoms with Crippen molar-refractivity contribution in [2.45, 2.75) is 31.7 Å². The smallest absolute Gasteiger partial charge is 0.326 e. The van der Waals surface area contributed by atoms with Crippen molar-refractivity contribution >= 4 is 11.9 Å². The number of rotatable bonds is 7. The van der Waals surface area contributed by atoms with Crippen LogP contribution in [0.25, 0.3) is 11.3 Å². The minimum Gasteiger partial charge on any atom is -0.497 e. The number of amides is 1. The Morgan fingerprint density at radius 2 is 2.23 bits per heavy atom. The van der Waals surface area contributed by atoms with E-state index in [4.69, 9.17) is 15.0 Å². The van der Waals surface area contributed by atoms with E-state index in [1.165, 1.54) is 0 Å². The van der Waals surface area contributed by atoms with Crippen molar-refractivity contribution in [2.24, 2.45) is 5.73 Å². The van der Waals surface area contributed by atoms with Crippen molar-refractivity contribution in [2.75, 3.05) is 13.7 Å². The Labute approximate surface area is 150 Å². The summed E-state index contributed by atoms with van der Waals surface area (Å²) in [6.07, 6.45) is 2.07. The van der Waals surface area contributed by atoms with Gasteiger partial charge in [-0.15, -0.1) is 0 Å². The highest BCUT2D eigenvalue weighted by Crippen LogP contribution is 2.37. The Morgan fingerprint density at radius 1 is 1.42 bits per heavy atom. The minimum absolute atomic E-state index is 0.139. The SMILES string of the molecule is COc1ccc2c(c1)CCc1c(C(=O)N[C@@H](CCCN)C(=O)O)noc1-2. The Kier molecular flexibility index (Phi) is 5.22. The topological polar surface area (TPSA) is 128 Å².